The van der Waals surface area contributed by atoms with Crippen molar-refractivity contribution in [2.45, 2.75) is 46.0 Å². The molecule has 2 nitrogen and oxygen atoms in total. The Hall–Kier alpha value is -1.09. The van der Waals surface area contributed by atoms with Crippen molar-refractivity contribution in [1.29, 1.82) is 0 Å². The first-order valence-electron chi connectivity index (χ1n) is 6.64. The van der Waals surface area contributed by atoms with Gasteiger partial charge in [-0.15, -0.1) is 11.6 Å². The number of rotatable bonds is 4. The van der Waals surface area contributed by atoms with E-state index in [1.54, 1.807) is 6.07 Å². The number of fused-ring (bicyclic) bond motifs is 1. The van der Waals surface area contributed by atoms with Gasteiger partial charge in [0.15, 0.2) is 0 Å². The van der Waals surface area contributed by atoms with E-state index < -0.39 is 0 Å². The number of halogens is 2. The van der Waals surface area contributed by atoms with Crippen LogP contribution in [-0.4, -0.2) is 9.55 Å². The zero-order valence-corrected chi connectivity index (χ0v) is 12.6. The maximum atomic E-state index is 13.3. The van der Waals surface area contributed by atoms with Crippen molar-refractivity contribution in [3.63, 3.8) is 0 Å². The van der Waals surface area contributed by atoms with Gasteiger partial charge in [0.25, 0.3) is 0 Å². The summed E-state index contributed by atoms with van der Waals surface area (Å²) in [5.74, 6) is 0.546. The number of alkyl halides is 1. The van der Waals surface area contributed by atoms with Crippen LogP contribution in [0.25, 0.3) is 11.0 Å². The van der Waals surface area contributed by atoms with Crippen LogP contribution in [0.2, 0.25) is 0 Å². The molecule has 1 heterocycles. The molecule has 0 spiro atoms. The lowest BCUT2D eigenvalue weighted by Crippen LogP contribution is -2.20. The van der Waals surface area contributed by atoms with Crippen molar-refractivity contribution in [2.24, 2.45) is 5.41 Å². The van der Waals surface area contributed by atoms with Gasteiger partial charge in [0.1, 0.15) is 11.6 Å². The Balaban J connectivity index is 2.59. The normalized spacial score (nSPS) is 14.0. The van der Waals surface area contributed by atoms with Crippen molar-refractivity contribution in [3.05, 3.63) is 29.8 Å². The quantitative estimate of drug-likeness (QED) is 0.729. The van der Waals surface area contributed by atoms with E-state index in [1.165, 1.54) is 12.1 Å². The molecule has 104 valence electrons. The molecule has 2 aromatic rings. The minimum atomic E-state index is -0.263. The molecule has 1 aromatic carbocycles. The van der Waals surface area contributed by atoms with Crippen LogP contribution in [-0.2, 0) is 6.54 Å². The molecule has 0 N–H and O–H groups in total. The first-order valence-corrected chi connectivity index (χ1v) is 7.07. The highest BCUT2D eigenvalue weighted by Crippen LogP contribution is 2.30. The number of benzene rings is 1. The third-order valence-corrected chi connectivity index (χ3v) is 3.83. The molecule has 0 aliphatic rings. The number of hydrogen-bond donors (Lipinski definition) is 0. The highest BCUT2D eigenvalue weighted by Gasteiger charge is 2.22. The Kier molecular flexibility index (Phi) is 3.86. The summed E-state index contributed by atoms with van der Waals surface area (Å²) >= 11 is 6.21. The molecule has 0 aliphatic carbocycles. The standard InChI is InChI=1S/C15H20ClFN2/c1-5-15(3,4)9-19-13-7-6-11(17)8-12(13)18-14(19)10(2)16/h6-8,10H,5,9H2,1-4H3. The molecule has 0 radical (unpaired) electrons. The third-order valence-electron chi connectivity index (χ3n) is 3.64. The van der Waals surface area contributed by atoms with Crippen LogP contribution in [0.15, 0.2) is 18.2 Å². The number of imidazole rings is 1. The minimum Gasteiger partial charge on any atom is -0.326 e. The van der Waals surface area contributed by atoms with Crippen molar-refractivity contribution in [2.75, 3.05) is 0 Å². The number of hydrogen-bond acceptors (Lipinski definition) is 1. The SMILES string of the molecule is CCC(C)(C)Cn1c(C(C)Cl)nc2cc(F)ccc21. The molecule has 4 heteroatoms. The van der Waals surface area contributed by atoms with Gasteiger partial charge in [-0.3, -0.25) is 0 Å². The summed E-state index contributed by atoms with van der Waals surface area (Å²) in [6.45, 7) is 9.32. The molecule has 0 saturated heterocycles. The maximum absolute atomic E-state index is 13.3. The highest BCUT2D eigenvalue weighted by atomic mass is 35.5. The second kappa shape index (κ2) is 5.12. The fourth-order valence-electron chi connectivity index (χ4n) is 2.13. The zero-order valence-electron chi connectivity index (χ0n) is 11.9. The van der Waals surface area contributed by atoms with Crippen LogP contribution in [0.1, 0.15) is 45.3 Å². The van der Waals surface area contributed by atoms with Crippen molar-refractivity contribution in [1.82, 2.24) is 9.55 Å². The largest absolute Gasteiger partial charge is 0.326 e. The first kappa shape index (κ1) is 14.3. The lowest BCUT2D eigenvalue weighted by molar-refractivity contribution is 0.294. The summed E-state index contributed by atoms with van der Waals surface area (Å²) in [6.07, 6.45) is 1.06. The molecular weight excluding hydrogens is 263 g/mol. The molecule has 0 bridgehead atoms. The topological polar surface area (TPSA) is 17.8 Å². The average Bonchev–Trinajstić information content (AvgIpc) is 2.67. The van der Waals surface area contributed by atoms with E-state index in [2.05, 4.69) is 30.3 Å². The molecule has 2 rings (SSSR count). The summed E-state index contributed by atoms with van der Waals surface area (Å²) < 4.78 is 15.4. The molecule has 1 atom stereocenters. The molecule has 0 aliphatic heterocycles. The molecule has 0 amide bonds. The minimum absolute atomic E-state index is 0.155. The van der Waals surface area contributed by atoms with E-state index in [0.717, 1.165) is 24.3 Å². The van der Waals surface area contributed by atoms with Crippen molar-refractivity contribution in [3.8, 4) is 0 Å². The van der Waals surface area contributed by atoms with Gasteiger partial charge >= 0.3 is 0 Å². The van der Waals surface area contributed by atoms with Crippen LogP contribution in [0, 0.1) is 11.2 Å². The van der Waals surface area contributed by atoms with Gasteiger partial charge in [-0.05, 0) is 30.9 Å². The summed E-state index contributed by atoms with van der Waals surface area (Å²) in [5, 5.41) is -0.192. The van der Waals surface area contributed by atoms with Crippen LogP contribution in [0.3, 0.4) is 0 Å². The monoisotopic (exact) mass is 282 g/mol. The Morgan fingerprint density at radius 3 is 2.68 bits per heavy atom. The van der Waals surface area contributed by atoms with E-state index in [4.69, 9.17) is 11.6 Å². The Labute approximate surface area is 118 Å². The second-order valence-corrected chi connectivity index (χ2v) is 6.48. The summed E-state index contributed by atoms with van der Waals surface area (Å²) in [6, 6.07) is 4.72. The van der Waals surface area contributed by atoms with Gasteiger partial charge in [0, 0.05) is 12.6 Å². The predicted octanol–water partition coefficient (Wildman–Crippen LogP) is 4.91. The lowest BCUT2D eigenvalue weighted by Gasteiger charge is -2.25. The van der Waals surface area contributed by atoms with Gasteiger partial charge in [0.2, 0.25) is 0 Å². The molecule has 1 aromatic heterocycles. The number of nitrogens with zero attached hydrogens (tertiary/aromatic N) is 2. The highest BCUT2D eigenvalue weighted by molar-refractivity contribution is 6.20. The lowest BCUT2D eigenvalue weighted by atomic mass is 9.90. The number of aromatic nitrogens is 2. The van der Waals surface area contributed by atoms with E-state index in [0.29, 0.717) is 5.52 Å². The predicted molar refractivity (Wildman–Crippen MR) is 78.0 cm³/mol. The summed E-state index contributed by atoms with van der Waals surface area (Å²) in [7, 11) is 0. The van der Waals surface area contributed by atoms with Crippen LogP contribution >= 0.6 is 11.6 Å². The van der Waals surface area contributed by atoms with Crippen LogP contribution < -0.4 is 0 Å². The fraction of sp³-hybridized carbons (Fsp3) is 0.533. The van der Waals surface area contributed by atoms with E-state index in [1.807, 2.05) is 6.92 Å². The van der Waals surface area contributed by atoms with Gasteiger partial charge in [-0.2, -0.15) is 0 Å². The first-order chi connectivity index (χ1) is 8.84. The van der Waals surface area contributed by atoms with Crippen molar-refractivity contribution < 1.29 is 4.39 Å². The summed E-state index contributed by atoms with van der Waals surface area (Å²) in [5.41, 5.74) is 1.78. The van der Waals surface area contributed by atoms with E-state index in [9.17, 15) is 4.39 Å². The van der Waals surface area contributed by atoms with Gasteiger partial charge in [-0.25, -0.2) is 9.37 Å². The zero-order chi connectivity index (χ0) is 14.2. The average molecular weight is 283 g/mol. The van der Waals surface area contributed by atoms with Gasteiger partial charge in [0.05, 0.1) is 16.4 Å². The molecular formula is C15H20ClFN2. The maximum Gasteiger partial charge on any atom is 0.127 e. The second-order valence-electron chi connectivity index (χ2n) is 5.82. The van der Waals surface area contributed by atoms with Crippen LogP contribution in [0.4, 0.5) is 4.39 Å². The summed E-state index contributed by atoms with van der Waals surface area (Å²) in [4.78, 5) is 4.48. The smallest absolute Gasteiger partial charge is 0.127 e. The van der Waals surface area contributed by atoms with E-state index >= 15 is 0 Å². The van der Waals surface area contributed by atoms with E-state index in [-0.39, 0.29) is 16.6 Å². The third kappa shape index (κ3) is 2.92. The molecule has 0 fully saturated rings. The Morgan fingerprint density at radius 2 is 2.11 bits per heavy atom. The van der Waals surface area contributed by atoms with Crippen molar-refractivity contribution >= 4 is 22.6 Å². The fourth-order valence-corrected chi connectivity index (χ4v) is 2.30. The molecule has 1 unspecified atom stereocenters. The molecule has 0 saturated carbocycles. The van der Waals surface area contributed by atoms with Gasteiger partial charge in [-0.1, -0.05) is 20.8 Å². The van der Waals surface area contributed by atoms with Gasteiger partial charge < -0.3 is 4.57 Å². The Morgan fingerprint density at radius 1 is 1.42 bits per heavy atom. The molecule has 19 heavy (non-hydrogen) atoms. The Bertz CT molecular complexity index is 587. The van der Waals surface area contributed by atoms with Crippen LogP contribution in [0.5, 0.6) is 0 Å².